The van der Waals surface area contributed by atoms with Crippen LogP contribution in [0.3, 0.4) is 0 Å². The molecule has 18 heavy (non-hydrogen) atoms. The average Bonchev–Trinajstić information content (AvgIpc) is 2.54. The van der Waals surface area contributed by atoms with Crippen molar-refractivity contribution in [1.82, 2.24) is 19.2 Å². The fourth-order valence-electron chi connectivity index (χ4n) is 2.21. The Morgan fingerprint density at radius 1 is 1.22 bits per heavy atom. The molecule has 0 bridgehead atoms. The fourth-order valence-corrected chi connectivity index (χ4v) is 3.32. The second-order valence-corrected chi connectivity index (χ2v) is 6.82. The number of amides is 3. The number of piperidine rings is 1. The van der Waals surface area contributed by atoms with Gasteiger partial charge in [-0.05, 0) is 12.8 Å². The molecule has 0 aromatic carbocycles. The van der Waals surface area contributed by atoms with Gasteiger partial charge in [0.25, 0.3) is 16.1 Å². The van der Waals surface area contributed by atoms with Crippen LogP contribution in [0.2, 0.25) is 0 Å². The van der Waals surface area contributed by atoms with Gasteiger partial charge in [0.2, 0.25) is 0 Å². The van der Waals surface area contributed by atoms with Gasteiger partial charge < -0.3 is 5.32 Å². The molecule has 0 aromatic heterocycles. The monoisotopic (exact) mass is 276 g/mol. The summed E-state index contributed by atoms with van der Waals surface area (Å²) in [4.78, 5) is 22.8. The van der Waals surface area contributed by atoms with Crippen LogP contribution in [0.15, 0.2) is 0 Å². The van der Waals surface area contributed by atoms with Gasteiger partial charge in [0.1, 0.15) is 5.54 Å². The van der Waals surface area contributed by atoms with E-state index in [1.165, 1.54) is 18.4 Å². The van der Waals surface area contributed by atoms with E-state index in [-0.39, 0.29) is 31.8 Å². The van der Waals surface area contributed by atoms with Gasteiger partial charge in [-0.2, -0.15) is 17.0 Å². The zero-order valence-electron chi connectivity index (χ0n) is 10.3. The van der Waals surface area contributed by atoms with Crippen molar-refractivity contribution in [2.75, 3.05) is 27.2 Å². The first-order valence-electron chi connectivity index (χ1n) is 5.59. The molecule has 8 nitrogen and oxygen atoms in total. The normalized spacial score (nSPS) is 24.4. The van der Waals surface area contributed by atoms with E-state index in [0.29, 0.717) is 0 Å². The van der Waals surface area contributed by atoms with Crippen molar-refractivity contribution in [2.45, 2.75) is 18.4 Å². The summed E-state index contributed by atoms with van der Waals surface area (Å²) in [6, 6.07) is -0.510. The molecule has 2 N–H and O–H groups in total. The molecule has 2 fully saturated rings. The molecule has 0 aromatic rings. The minimum Gasteiger partial charge on any atom is -0.323 e. The van der Waals surface area contributed by atoms with Crippen LogP contribution in [-0.4, -0.2) is 61.7 Å². The van der Waals surface area contributed by atoms with E-state index in [4.69, 9.17) is 0 Å². The predicted octanol–water partition coefficient (Wildman–Crippen LogP) is -1.53. The Hall–Kier alpha value is -1.19. The Morgan fingerprint density at radius 2 is 1.78 bits per heavy atom. The van der Waals surface area contributed by atoms with Gasteiger partial charge in [0.05, 0.1) is 0 Å². The molecule has 9 heteroatoms. The van der Waals surface area contributed by atoms with Gasteiger partial charge in [0, 0.05) is 27.2 Å². The van der Waals surface area contributed by atoms with E-state index in [1.54, 1.807) is 0 Å². The number of hydrogen-bond acceptors (Lipinski definition) is 4. The first-order valence-corrected chi connectivity index (χ1v) is 6.99. The lowest BCUT2D eigenvalue weighted by Crippen LogP contribution is -2.56. The largest absolute Gasteiger partial charge is 0.323 e. The predicted molar refractivity (Wildman–Crippen MR) is 62.8 cm³/mol. The molecule has 2 heterocycles. The minimum atomic E-state index is -3.45. The molecular formula is C9H16N4O4S. The highest BCUT2D eigenvalue weighted by atomic mass is 32.2. The van der Waals surface area contributed by atoms with Gasteiger partial charge >= 0.3 is 6.03 Å². The topological polar surface area (TPSA) is 98.8 Å². The summed E-state index contributed by atoms with van der Waals surface area (Å²) in [5.74, 6) is -0.366. The van der Waals surface area contributed by atoms with E-state index in [1.807, 2.05) is 0 Å². The van der Waals surface area contributed by atoms with Crippen LogP contribution in [0.1, 0.15) is 12.8 Å². The number of nitrogens with zero attached hydrogens (tertiary/aromatic N) is 2. The van der Waals surface area contributed by atoms with Crippen molar-refractivity contribution in [3.63, 3.8) is 0 Å². The van der Waals surface area contributed by atoms with E-state index in [2.05, 4.69) is 10.6 Å². The van der Waals surface area contributed by atoms with Gasteiger partial charge in [-0.3, -0.25) is 10.1 Å². The van der Waals surface area contributed by atoms with Crippen molar-refractivity contribution in [3.05, 3.63) is 0 Å². The summed E-state index contributed by atoms with van der Waals surface area (Å²) in [6.07, 6.45) is 0.579. The molecule has 0 aliphatic carbocycles. The zero-order chi connectivity index (χ0) is 13.6. The van der Waals surface area contributed by atoms with Crippen molar-refractivity contribution in [2.24, 2.45) is 0 Å². The standard InChI is InChI=1S/C9H16N4O4S/c1-12(2)18(16,17)13-5-3-9(4-6-13)7(14)10-8(15)11-9/h3-6H2,1-2H3,(H2,10,11,14,15). The third-order valence-electron chi connectivity index (χ3n) is 3.38. The maximum atomic E-state index is 11.9. The number of urea groups is 1. The van der Waals surface area contributed by atoms with E-state index >= 15 is 0 Å². The molecule has 0 atom stereocenters. The second-order valence-electron chi connectivity index (χ2n) is 4.68. The molecule has 0 unspecified atom stereocenters. The molecule has 0 saturated carbocycles. The second kappa shape index (κ2) is 4.18. The number of hydrogen-bond donors (Lipinski definition) is 2. The van der Waals surface area contributed by atoms with Crippen LogP contribution in [-0.2, 0) is 15.0 Å². The van der Waals surface area contributed by atoms with Crippen molar-refractivity contribution < 1.29 is 18.0 Å². The molecule has 2 rings (SSSR count). The SMILES string of the molecule is CN(C)S(=O)(=O)N1CCC2(CC1)NC(=O)NC2=O. The Balaban J connectivity index is 2.09. The summed E-state index contributed by atoms with van der Waals surface area (Å²) >= 11 is 0. The number of imide groups is 1. The Morgan fingerprint density at radius 3 is 2.17 bits per heavy atom. The lowest BCUT2D eigenvalue weighted by molar-refractivity contribution is -0.125. The van der Waals surface area contributed by atoms with Crippen molar-refractivity contribution >= 4 is 22.1 Å². The molecule has 2 saturated heterocycles. The van der Waals surface area contributed by atoms with Crippen LogP contribution in [0, 0.1) is 0 Å². The third-order valence-corrected chi connectivity index (χ3v) is 5.32. The van der Waals surface area contributed by atoms with Crippen LogP contribution >= 0.6 is 0 Å². The highest BCUT2D eigenvalue weighted by Crippen LogP contribution is 2.27. The van der Waals surface area contributed by atoms with Crippen LogP contribution in [0.25, 0.3) is 0 Å². The summed E-state index contributed by atoms with van der Waals surface area (Å²) in [6.45, 7) is 0.433. The maximum absolute atomic E-state index is 11.9. The van der Waals surface area contributed by atoms with Gasteiger partial charge in [-0.25, -0.2) is 4.79 Å². The lowest BCUT2D eigenvalue weighted by Gasteiger charge is -2.37. The molecule has 0 radical (unpaired) electrons. The van der Waals surface area contributed by atoms with Gasteiger partial charge in [0.15, 0.2) is 0 Å². The van der Waals surface area contributed by atoms with Crippen LogP contribution < -0.4 is 10.6 Å². The number of rotatable bonds is 2. The number of carbonyl (C=O) groups is 2. The first kappa shape index (κ1) is 13.2. The molecule has 1 spiro atoms. The fraction of sp³-hybridized carbons (Fsp3) is 0.778. The van der Waals surface area contributed by atoms with Gasteiger partial charge in [-0.1, -0.05) is 0 Å². The summed E-state index contributed by atoms with van der Waals surface area (Å²) in [7, 11) is -0.531. The van der Waals surface area contributed by atoms with Crippen molar-refractivity contribution in [3.8, 4) is 0 Å². The summed E-state index contributed by atoms with van der Waals surface area (Å²) in [5.41, 5.74) is -0.935. The molecule has 2 aliphatic heterocycles. The maximum Gasteiger partial charge on any atom is 0.322 e. The quantitative estimate of drug-likeness (QED) is 0.598. The highest BCUT2D eigenvalue weighted by molar-refractivity contribution is 7.86. The van der Waals surface area contributed by atoms with Gasteiger partial charge in [-0.15, -0.1) is 0 Å². The summed E-state index contributed by atoms with van der Waals surface area (Å²) in [5, 5.41) is 4.77. The van der Waals surface area contributed by atoms with Crippen LogP contribution in [0.5, 0.6) is 0 Å². The zero-order valence-corrected chi connectivity index (χ0v) is 11.1. The van der Waals surface area contributed by atoms with Crippen molar-refractivity contribution in [1.29, 1.82) is 0 Å². The molecule has 3 amide bonds. The van der Waals surface area contributed by atoms with E-state index < -0.39 is 21.8 Å². The molecule has 2 aliphatic rings. The van der Waals surface area contributed by atoms with Crippen LogP contribution in [0.4, 0.5) is 4.79 Å². The smallest absolute Gasteiger partial charge is 0.322 e. The Labute approximate surface area is 105 Å². The molecule has 102 valence electrons. The minimum absolute atomic E-state index is 0.216. The Bertz CT molecular complexity index is 479. The third kappa shape index (κ3) is 1.98. The van der Waals surface area contributed by atoms with E-state index in [0.717, 1.165) is 4.31 Å². The first-order chi connectivity index (χ1) is 8.28. The lowest BCUT2D eigenvalue weighted by atomic mass is 9.89. The average molecular weight is 276 g/mol. The van der Waals surface area contributed by atoms with E-state index in [9.17, 15) is 18.0 Å². The Kier molecular flexibility index (Phi) is 3.07. The molecular weight excluding hydrogens is 260 g/mol. The number of carbonyl (C=O) groups excluding carboxylic acids is 2. The highest BCUT2D eigenvalue weighted by Gasteiger charge is 2.49. The number of nitrogens with one attached hydrogen (secondary N) is 2. The summed E-state index contributed by atoms with van der Waals surface area (Å²) < 4.78 is 26.2.